The van der Waals surface area contributed by atoms with Crippen LogP contribution >= 0.6 is 23.5 Å². The van der Waals surface area contributed by atoms with Gasteiger partial charge >= 0.3 is 0 Å². The van der Waals surface area contributed by atoms with Crippen molar-refractivity contribution in [2.24, 2.45) is 4.99 Å². The first-order valence-corrected chi connectivity index (χ1v) is 11.4. The van der Waals surface area contributed by atoms with Gasteiger partial charge in [0.25, 0.3) is 5.91 Å². The second kappa shape index (κ2) is 8.37. The van der Waals surface area contributed by atoms with E-state index in [9.17, 15) is 9.18 Å². The Morgan fingerprint density at radius 2 is 1.66 bits per heavy atom. The van der Waals surface area contributed by atoms with Crippen molar-refractivity contribution >= 4 is 51.7 Å². The van der Waals surface area contributed by atoms with Gasteiger partial charge in [0.2, 0.25) is 0 Å². The fraction of sp³-hybridized carbons (Fsp3) is 0.0833. The highest BCUT2D eigenvalue weighted by Gasteiger charge is 2.40. The SMILES string of the molecule is COc1ccc(N=C2SC(=C3Sc4ccccc4N3C)C(=O)N2c2ccc(F)cc2)cc1. The van der Waals surface area contributed by atoms with Gasteiger partial charge < -0.3 is 9.64 Å². The number of carbonyl (C=O) groups is 1. The highest BCUT2D eigenvalue weighted by molar-refractivity contribution is 8.20. The van der Waals surface area contributed by atoms with E-state index in [1.807, 2.05) is 60.5 Å². The number of aliphatic imine (C=N–C) groups is 1. The first kappa shape index (κ1) is 20.7. The molecular formula is C24H18FN3O2S2. The zero-order chi connectivity index (χ0) is 22.2. The van der Waals surface area contributed by atoms with Gasteiger partial charge in [0.05, 0.1) is 29.2 Å². The normalized spacial score (nSPS) is 19.1. The average Bonchev–Trinajstić information content (AvgIpc) is 3.31. The summed E-state index contributed by atoms with van der Waals surface area (Å²) in [5.41, 5.74) is 2.31. The Balaban J connectivity index is 1.59. The number of anilines is 2. The van der Waals surface area contributed by atoms with Crippen LogP contribution < -0.4 is 14.5 Å². The molecule has 0 aromatic heterocycles. The number of thioether (sulfide) groups is 2. The Labute approximate surface area is 193 Å². The lowest BCUT2D eigenvalue weighted by Crippen LogP contribution is -2.29. The van der Waals surface area contributed by atoms with E-state index in [2.05, 4.69) is 0 Å². The number of halogens is 1. The van der Waals surface area contributed by atoms with Crippen LogP contribution in [0, 0.1) is 5.82 Å². The summed E-state index contributed by atoms with van der Waals surface area (Å²) in [6, 6.07) is 21.2. The summed E-state index contributed by atoms with van der Waals surface area (Å²) in [4.78, 5) is 23.6. The molecule has 160 valence electrons. The number of fused-ring (bicyclic) bond motifs is 1. The van der Waals surface area contributed by atoms with Crippen molar-refractivity contribution in [3.8, 4) is 5.75 Å². The fourth-order valence-corrected chi connectivity index (χ4v) is 5.81. The zero-order valence-electron chi connectivity index (χ0n) is 17.3. The van der Waals surface area contributed by atoms with E-state index >= 15 is 0 Å². The topological polar surface area (TPSA) is 45.1 Å². The Morgan fingerprint density at radius 3 is 2.34 bits per heavy atom. The van der Waals surface area contributed by atoms with Gasteiger partial charge in [-0.2, -0.15) is 0 Å². The van der Waals surface area contributed by atoms with E-state index in [0.717, 1.165) is 21.4 Å². The summed E-state index contributed by atoms with van der Waals surface area (Å²) in [7, 11) is 3.56. The average molecular weight is 464 g/mol. The lowest BCUT2D eigenvalue weighted by atomic mass is 10.2. The molecule has 2 aliphatic rings. The molecule has 1 saturated heterocycles. The van der Waals surface area contributed by atoms with Crippen LogP contribution in [0.1, 0.15) is 0 Å². The van der Waals surface area contributed by atoms with Crippen LogP contribution in [0.5, 0.6) is 5.75 Å². The highest BCUT2D eigenvalue weighted by Crippen LogP contribution is 2.50. The van der Waals surface area contributed by atoms with Crippen LogP contribution in [-0.2, 0) is 4.79 Å². The van der Waals surface area contributed by atoms with Gasteiger partial charge in [0, 0.05) is 11.9 Å². The Hall–Kier alpha value is -3.23. The van der Waals surface area contributed by atoms with Crippen LogP contribution in [0.4, 0.5) is 21.5 Å². The molecule has 0 aliphatic carbocycles. The number of hydrogen-bond donors (Lipinski definition) is 0. The fourth-order valence-electron chi connectivity index (χ4n) is 3.46. The van der Waals surface area contributed by atoms with E-state index in [-0.39, 0.29) is 11.7 Å². The minimum absolute atomic E-state index is 0.184. The molecule has 1 amide bonds. The second-order valence-corrected chi connectivity index (χ2v) is 9.08. The van der Waals surface area contributed by atoms with Crippen molar-refractivity contribution < 1.29 is 13.9 Å². The number of nitrogens with zero attached hydrogens (tertiary/aromatic N) is 3. The van der Waals surface area contributed by atoms with Crippen molar-refractivity contribution in [2.45, 2.75) is 4.90 Å². The Bertz CT molecular complexity index is 1260. The van der Waals surface area contributed by atoms with Crippen molar-refractivity contribution in [3.63, 3.8) is 0 Å². The Kier molecular flexibility index (Phi) is 5.40. The van der Waals surface area contributed by atoms with Gasteiger partial charge in [-0.15, -0.1) is 0 Å². The van der Waals surface area contributed by atoms with Crippen LogP contribution in [0.3, 0.4) is 0 Å². The number of rotatable bonds is 3. The molecule has 2 aliphatic heterocycles. The minimum atomic E-state index is -0.359. The summed E-state index contributed by atoms with van der Waals surface area (Å²) in [6.07, 6.45) is 0. The maximum Gasteiger partial charge on any atom is 0.274 e. The molecule has 0 radical (unpaired) electrons. The maximum atomic E-state index is 13.6. The molecule has 1 fully saturated rings. The maximum absolute atomic E-state index is 13.6. The molecule has 3 aromatic rings. The summed E-state index contributed by atoms with van der Waals surface area (Å²) in [6.45, 7) is 0. The number of hydrogen-bond acceptors (Lipinski definition) is 6. The summed E-state index contributed by atoms with van der Waals surface area (Å²) < 4.78 is 18.8. The smallest absolute Gasteiger partial charge is 0.274 e. The van der Waals surface area contributed by atoms with Gasteiger partial charge in [-0.25, -0.2) is 9.38 Å². The van der Waals surface area contributed by atoms with Crippen LogP contribution in [-0.4, -0.2) is 25.2 Å². The molecule has 5 nitrogen and oxygen atoms in total. The quantitative estimate of drug-likeness (QED) is 0.445. The molecule has 0 unspecified atom stereocenters. The summed E-state index contributed by atoms with van der Waals surface area (Å²) in [5.74, 6) is 0.182. The van der Waals surface area contributed by atoms with E-state index in [0.29, 0.717) is 21.4 Å². The lowest BCUT2D eigenvalue weighted by molar-refractivity contribution is -0.113. The number of benzene rings is 3. The molecule has 0 spiro atoms. The largest absolute Gasteiger partial charge is 0.497 e. The van der Waals surface area contributed by atoms with Crippen LogP contribution in [0.15, 0.2) is 92.6 Å². The van der Waals surface area contributed by atoms with Gasteiger partial charge in [0.1, 0.15) is 16.5 Å². The second-order valence-electron chi connectivity index (χ2n) is 7.07. The molecule has 0 N–H and O–H groups in total. The first-order chi connectivity index (χ1) is 15.5. The summed E-state index contributed by atoms with van der Waals surface area (Å²) in [5, 5.41) is 1.37. The molecule has 0 bridgehead atoms. The zero-order valence-corrected chi connectivity index (χ0v) is 18.9. The molecule has 0 saturated carbocycles. The van der Waals surface area contributed by atoms with Gasteiger partial charge in [-0.05, 0) is 72.4 Å². The monoisotopic (exact) mass is 463 g/mol. The standard InChI is InChI=1S/C24H18FN3O2S2/c1-27-19-5-3-4-6-20(19)31-23(27)21-22(29)28(17-11-7-15(25)8-12-17)24(32-21)26-16-9-13-18(30-2)14-10-16/h3-14H,1-2H3. The third kappa shape index (κ3) is 3.65. The van der Waals surface area contributed by atoms with Crippen molar-refractivity contribution in [3.05, 3.63) is 88.5 Å². The van der Waals surface area contributed by atoms with Crippen LogP contribution in [0.25, 0.3) is 0 Å². The van der Waals surface area contributed by atoms with E-state index < -0.39 is 0 Å². The third-order valence-corrected chi connectivity index (χ3v) is 7.49. The molecule has 2 heterocycles. The van der Waals surface area contributed by atoms with Gasteiger partial charge in [-0.3, -0.25) is 9.69 Å². The molecular weight excluding hydrogens is 445 g/mol. The Morgan fingerprint density at radius 1 is 0.938 bits per heavy atom. The third-order valence-electron chi connectivity index (χ3n) is 5.10. The van der Waals surface area contributed by atoms with E-state index in [1.165, 1.54) is 28.8 Å². The van der Waals surface area contributed by atoms with Crippen molar-refractivity contribution in [2.75, 3.05) is 24.0 Å². The van der Waals surface area contributed by atoms with Gasteiger partial charge in [-0.1, -0.05) is 23.9 Å². The predicted octanol–water partition coefficient (Wildman–Crippen LogP) is 6.01. The van der Waals surface area contributed by atoms with Crippen molar-refractivity contribution in [1.29, 1.82) is 0 Å². The van der Waals surface area contributed by atoms with Crippen LogP contribution in [0.2, 0.25) is 0 Å². The molecule has 8 heteroatoms. The molecule has 3 aromatic carbocycles. The molecule has 0 atom stereocenters. The lowest BCUT2D eigenvalue weighted by Gasteiger charge is -2.16. The number of methoxy groups -OCH3 is 1. The molecule has 5 rings (SSSR count). The van der Waals surface area contributed by atoms with E-state index in [1.54, 1.807) is 31.0 Å². The number of ether oxygens (including phenoxy) is 1. The highest BCUT2D eigenvalue weighted by atomic mass is 32.2. The number of carbonyl (C=O) groups excluding carboxylic acids is 1. The number of para-hydroxylation sites is 1. The minimum Gasteiger partial charge on any atom is -0.497 e. The number of amidine groups is 1. The molecule has 32 heavy (non-hydrogen) atoms. The number of amides is 1. The first-order valence-electron chi connectivity index (χ1n) is 9.80. The van der Waals surface area contributed by atoms with Gasteiger partial charge in [0.15, 0.2) is 5.17 Å². The summed E-state index contributed by atoms with van der Waals surface area (Å²) >= 11 is 2.88. The van der Waals surface area contributed by atoms with E-state index in [4.69, 9.17) is 9.73 Å². The van der Waals surface area contributed by atoms with Crippen molar-refractivity contribution in [1.82, 2.24) is 0 Å². The predicted molar refractivity (Wildman–Crippen MR) is 129 cm³/mol.